The summed E-state index contributed by atoms with van der Waals surface area (Å²) in [6.07, 6.45) is 6.92. The van der Waals surface area contributed by atoms with Gasteiger partial charge in [0.25, 0.3) is 5.91 Å². The number of pyridine rings is 1. The van der Waals surface area contributed by atoms with Gasteiger partial charge in [-0.25, -0.2) is 9.97 Å². The number of esters is 1. The summed E-state index contributed by atoms with van der Waals surface area (Å²) in [5.41, 5.74) is 1.34. The molecule has 9 heteroatoms. The molecule has 0 radical (unpaired) electrons. The van der Waals surface area contributed by atoms with Crippen molar-refractivity contribution in [2.75, 3.05) is 31.1 Å². The number of carbonyl (C=O) groups is 2. The van der Waals surface area contributed by atoms with Crippen LogP contribution in [-0.4, -0.2) is 52.7 Å². The lowest BCUT2D eigenvalue weighted by Crippen LogP contribution is -2.41. The number of aromatic nitrogens is 3. The molecule has 32 heavy (non-hydrogen) atoms. The fourth-order valence-electron chi connectivity index (χ4n) is 3.86. The van der Waals surface area contributed by atoms with Crippen molar-refractivity contribution >= 4 is 29.0 Å². The summed E-state index contributed by atoms with van der Waals surface area (Å²) in [4.78, 5) is 37.4. The van der Waals surface area contributed by atoms with Crippen LogP contribution in [0.4, 0.5) is 5.82 Å². The molecular weight excluding hydrogens is 426 g/mol. The number of amides is 1. The number of anilines is 1. The molecule has 0 aromatic carbocycles. The first-order valence-corrected chi connectivity index (χ1v) is 11.7. The second-order valence-electron chi connectivity index (χ2n) is 7.64. The number of ether oxygens (including phenoxy) is 1. The van der Waals surface area contributed by atoms with Crippen LogP contribution in [0.2, 0.25) is 0 Å². The molecule has 1 aliphatic heterocycles. The molecule has 1 fully saturated rings. The van der Waals surface area contributed by atoms with Gasteiger partial charge in [-0.2, -0.15) is 0 Å². The summed E-state index contributed by atoms with van der Waals surface area (Å²) >= 11 is 1.61. The molecular formula is C23H27N5O3S. The molecule has 0 saturated carbocycles. The first-order valence-electron chi connectivity index (χ1n) is 10.9. The molecule has 4 heterocycles. The number of carbonyl (C=O) groups excluding carboxylic acids is 2. The van der Waals surface area contributed by atoms with Crippen LogP contribution in [0.3, 0.4) is 0 Å². The maximum atomic E-state index is 13.1. The Bertz CT molecular complexity index is 1040. The van der Waals surface area contributed by atoms with E-state index in [1.165, 1.54) is 0 Å². The third-order valence-corrected chi connectivity index (χ3v) is 6.34. The lowest BCUT2D eigenvalue weighted by Gasteiger charge is -2.33. The van der Waals surface area contributed by atoms with Crippen molar-refractivity contribution < 1.29 is 14.3 Å². The quantitative estimate of drug-likeness (QED) is 0.527. The van der Waals surface area contributed by atoms with Gasteiger partial charge >= 0.3 is 5.97 Å². The fourth-order valence-corrected chi connectivity index (χ4v) is 4.56. The Labute approximate surface area is 191 Å². The van der Waals surface area contributed by atoms with E-state index in [0.717, 1.165) is 30.0 Å². The molecule has 4 rings (SSSR count). The highest BCUT2D eigenvalue weighted by molar-refractivity contribution is 7.13. The molecule has 3 aromatic rings. The average Bonchev–Trinajstić information content (AvgIpc) is 3.53. The topological polar surface area (TPSA) is 89.4 Å². The SMILES string of the molecule is CCOC(=O)C1CCCN(c2nc(-c3cccs3)ccc2C(=O)NCCn2ccnc2)C1. The van der Waals surface area contributed by atoms with E-state index in [0.29, 0.717) is 37.6 Å². The molecule has 1 saturated heterocycles. The van der Waals surface area contributed by atoms with Crippen molar-refractivity contribution in [2.24, 2.45) is 5.92 Å². The number of nitrogens with one attached hydrogen (secondary N) is 1. The summed E-state index contributed by atoms with van der Waals surface area (Å²) in [7, 11) is 0. The smallest absolute Gasteiger partial charge is 0.310 e. The van der Waals surface area contributed by atoms with Gasteiger partial charge in [0, 0.05) is 38.6 Å². The summed E-state index contributed by atoms with van der Waals surface area (Å²) in [5, 5.41) is 4.99. The molecule has 3 aromatic heterocycles. The second kappa shape index (κ2) is 10.4. The van der Waals surface area contributed by atoms with Crippen LogP contribution < -0.4 is 10.2 Å². The van der Waals surface area contributed by atoms with E-state index in [4.69, 9.17) is 9.72 Å². The van der Waals surface area contributed by atoms with Crippen molar-refractivity contribution in [3.63, 3.8) is 0 Å². The number of thiophene rings is 1. The maximum Gasteiger partial charge on any atom is 0.310 e. The number of rotatable bonds is 8. The minimum atomic E-state index is -0.215. The van der Waals surface area contributed by atoms with Gasteiger partial charge in [0.05, 0.1) is 35.0 Å². The van der Waals surface area contributed by atoms with E-state index in [9.17, 15) is 9.59 Å². The largest absolute Gasteiger partial charge is 0.466 e. The van der Waals surface area contributed by atoms with E-state index in [1.807, 2.05) is 52.2 Å². The molecule has 1 N–H and O–H groups in total. The van der Waals surface area contributed by atoms with Gasteiger partial charge in [0.2, 0.25) is 0 Å². The van der Waals surface area contributed by atoms with Gasteiger partial charge in [-0.1, -0.05) is 6.07 Å². The van der Waals surface area contributed by atoms with Gasteiger partial charge in [0.15, 0.2) is 0 Å². The Kier molecular flexibility index (Phi) is 7.16. The Morgan fingerprint density at radius 2 is 2.22 bits per heavy atom. The van der Waals surface area contributed by atoms with Gasteiger partial charge < -0.3 is 19.5 Å². The van der Waals surface area contributed by atoms with Crippen LogP contribution in [0.15, 0.2) is 48.4 Å². The lowest BCUT2D eigenvalue weighted by molar-refractivity contribution is -0.148. The van der Waals surface area contributed by atoms with Gasteiger partial charge in [-0.05, 0) is 43.3 Å². The number of hydrogen-bond acceptors (Lipinski definition) is 7. The Morgan fingerprint density at radius 3 is 2.97 bits per heavy atom. The van der Waals surface area contributed by atoms with E-state index >= 15 is 0 Å². The number of hydrogen-bond donors (Lipinski definition) is 1. The van der Waals surface area contributed by atoms with Crippen molar-refractivity contribution in [3.8, 4) is 10.6 Å². The van der Waals surface area contributed by atoms with Crippen LogP contribution >= 0.6 is 11.3 Å². The average molecular weight is 454 g/mol. The van der Waals surface area contributed by atoms with Crippen LogP contribution in [0.1, 0.15) is 30.1 Å². The predicted octanol–water partition coefficient (Wildman–Crippen LogP) is 3.22. The monoisotopic (exact) mass is 453 g/mol. The van der Waals surface area contributed by atoms with Crippen LogP contribution in [0.5, 0.6) is 0 Å². The molecule has 0 aliphatic carbocycles. The molecule has 0 bridgehead atoms. The molecule has 1 unspecified atom stereocenters. The van der Waals surface area contributed by atoms with E-state index in [2.05, 4.69) is 10.3 Å². The highest BCUT2D eigenvalue weighted by Crippen LogP contribution is 2.30. The summed E-state index contributed by atoms with van der Waals surface area (Å²) in [6, 6.07) is 7.71. The van der Waals surface area contributed by atoms with E-state index in [1.54, 1.807) is 23.9 Å². The van der Waals surface area contributed by atoms with E-state index < -0.39 is 0 Å². The zero-order valence-corrected chi connectivity index (χ0v) is 18.9. The van der Waals surface area contributed by atoms with E-state index in [-0.39, 0.29) is 17.8 Å². The highest BCUT2D eigenvalue weighted by Gasteiger charge is 2.30. The van der Waals surface area contributed by atoms with Crippen molar-refractivity contribution in [1.29, 1.82) is 0 Å². The maximum absolute atomic E-state index is 13.1. The minimum Gasteiger partial charge on any atom is -0.466 e. The lowest BCUT2D eigenvalue weighted by atomic mass is 9.97. The summed E-state index contributed by atoms with van der Waals surface area (Å²) in [6.45, 7) is 4.53. The first-order chi connectivity index (χ1) is 15.7. The van der Waals surface area contributed by atoms with Crippen molar-refractivity contribution in [2.45, 2.75) is 26.3 Å². The molecule has 1 atom stereocenters. The van der Waals surface area contributed by atoms with Crippen LogP contribution in [-0.2, 0) is 16.1 Å². The summed E-state index contributed by atoms with van der Waals surface area (Å²) < 4.78 is 7.15. The van der Waals surface area contributed by atoms with Gasteiger partial charge in [-0.3, -0.25) is 9.59 Å². The van der Waals surface area contributed by atoms with Gasteiger partial charge in [-0.15, -0.1) is 11.3 Å². The molecule has 8 nitrogen and oxygen atoms in total. The molecule has 168 valence electrons. The predicted molar refractivity (Wildman–Crippen MR) is 124 cm³/mol. The fraction of sp³-hybridized carbons (Fsp3) is 0.391. The third-order valence-electron chi connectivity index (χ3n) is 5.45. The van der Waals surface area contributed by atoms with Crippen LogP contribution in [0.25, 0.3) is 10.6 Å². The number of nitrogens with zero attached hydrogens (tertiary/aromatic N) is 4. The normalized spacial score (nSPS) is 16.0. The van der Waals surface area contributed by atoms with Crippen molar-refractivity contribution in [1.82, 2.24) is 19.9 Å². The Hall–Kier alpha value is -3.20. The highest BCUT2D eigenvalue weighted by atomic mass is 32.1. The molecule has 0 spiro atoms. The Morgan fingerprint density at radius 1 is 1.31 bits per heavy atom. The standard InChI is InChI=1S/C23H27N5O3S/c1-2-31-23(30)17-5-3-11-28(15-17)21-18(7-8-19(26-21)20-6-4-14-32-20)22(29)25-10-13-27-12-9-24-16-27/h4,6-9,12,14,16-17H,2-3,5,10-11,13,15H2,1H3,(H,25,29). The zero-order chi connectivity index (χ0) is 22.3. The first kappa shape index (κ1) is 22.0. The Balaban J connectivity index is 1.56. The second-order valence-corrected chi connectivity index (χ2v) is 8.59. The summed E-state index contributed by atoms with van der Waals surface area (Å²) in [5.74, 6) is 0.0413. The van der Waals surface area contributed by atoms with Crippen molar-refractivity contribution in [3.05, 3.63) is 53.9 Å². The zero-order valence-electron chi connectivity index (χ0n) is 18.1. The molecule has 1 amide bonds. The number of piperidine rings is 1. The minimum absolute atomic E-state index is 0.177. The van der Waals surface area contributed by atoms with Gasteiger partial charge in [0.1, 0.15) is 5.82 Å². The molecule has 1 aliphatic rings. The third kappa shape index (κ3) is 5.16. The number of imidazole rings is 1. The van der Waals surface area contributed by atoms with Crippen LogP contribution in [0, 0.1) is 5.92 Å².